The fraction of sp³-hybridized carbons (Fsp3) is 0.435. The fourth-order valence-electron chi connectivity index (χ4n) is 4.33. The third-order valence-electron chi connectivity index (χ3n) is 5.89. The highest BCUT2D eigenvalue weighted by Gasteiger charge is 2.33. The lowest BCUT2D eigenvalue weighted by Gasteiger charge is -2.30. The van der Waals surface area contributed by atoms with Crippen molar-refractivity contribution >= 4 is 24.0 Å². The Balaban J connectivity index is 1.67. The van der Waals surface area contributed by atoms with E-state index in [4.69, 9.17) is 10.1 Å². The normalized spacial score (nSPS) is 22.1. The van der Waals surface area contributed by atoms with Crippen LogP contribution in [-0.2, 0) is 11.2 Å². The maximum absolute atomic E-state index is 13.1. The van der Waals surface area contributed by atoms with Gasteiger partial charge in [-0.3, -0.25) is 4.79 Å². The molecule has 1 amide bonds. The summed E-state index contributed by atoms with van der Waals surface area (Å²) in [7, 11) is 2.14. The van der Waals surface area contributed by atoms with Gasteiger partial charge < -0.3 is 25.7 Å². The first-order chi connectivity index (χ1) is 14.4. The molecule has 7 heteroatoms. The van der Waals surface area contributed by atoms with Gasteiger partial charge in [0.2, 0.25) is 0 Å². The van der Waals surface area contributed by atoms with E-state index < -0.39 is 0 Å². The predicted octanol–water partition coefficient (Wildman–Crippen LogP) is 3.20. The molecule has 3 aliphatic heterocycles. The number of carbonyl (C=O) groups is 1. The van der Waals surface area contributed by atoms with E-state index in [1.54, 1.807) is 18.5 Å². The highest BCUT2D eigenvalue weighted by atomic mass is 16.5. The van der Waals surface area contributed by atoms with Crippen LogP contribution in [0.3, 0.4) is 0 Å². The zero-order valence-corrected chi connectivity index (χ0v) is 17.8. The SMILES string of the molecule is CN1CCC(c2cc3c(cc2NC(=O)/C(C=N)=C2\N=CC=CN2)CC(C)(C)O3)CC1. The Kier molecular flexibility index (Phi) is 5.47. The zero-order valence-electron chi connectivity index (χ0n) is 17.8. The summed E-state index contributed by atoms with van der Waals surface area (Å²) in [5.41, 5.74) is 2.98. The van der Waals surface area contributed by atoms with Gasteiger partial charge in [0.15, 0.2) is 0 Å². The van der Waals surface area contributed by atoms with Crippen molar-refractivity contribution in [2.45, 2.75) is 44.6 Å². The van der Waals surface area contributed by atoms with Gasteiger partial charge in [-0.2, -0.15) is 0 Å². The average Bonchev–Trinajstić information content (AvgIpc) is 3.02. The second-order valence-corrected chi connectivity index (χ2v) is 8.81. The van der Waals surface area contributed by atoms with Crippen LogP contribution in [0, 0.1) is 5.41 Å². The molecule has 158 valence electrons. The number of ether oxygens (including phenoxy) is 1. The van der Waals surface area contributed by atoms with Gasteiger partial charge in [0.25, 0.3) is 5.91 Å². The maximum Gasteiger partial charge on any atom is 0.260 e. The number of nitrogens with zero attached hydrogens (tertiary/aromatic N) is 2. The Hall–Kier alpha value is -2.93. The van der Waals surface area contributed by atoms with E-state index in [9.17, 15) is 4.79 Å². The van der Waals surface area contributed by atoms with Crippen molar-refractivity contribution in [3.8, 4) is 5.75 Å². The van der Waals surface area contributed by atoms with Crippen molar-refractivity contribution in [2.75, 3.05) is 25.5 Å². The van der Waals surface area contributed by atoms with Crippen molar-refractivity contribution in [1.82, 2.24) is 10.2 Å². The van der Waals surface area contributed by atoms with Crippen molar-refractivity contribution in [3.63, 3.8) is 0 Å². The van der Waals surface area contributed by atoms with Gasteiger partial charge in [-0.15, -0.1) is 0 Å². The molecule has 3 aliphatic rings. The van der Waals surface area contributed by atoms with E-state index in [1.165, 1.54) is 0 Å². The number of likely N-dealkylation sites (tertiary alicyclic amines) is 1. The highest BCUT2D eigenvalue weighted by molar-refractivity contribution is 6.18. The number of fused-ring (bicyclic) bond motifs is 1. The van der Waals surface area contributed by atoms with Crippen LogP contribution in [0.15, 0.2) is 40.8 Å². The van der Waals surface area contributed by atoms with Crippen molar-refractivity contribution in [2.24, 2.45) is 4.99 Å². The van der Waals surface area contributed by atoms with Crippen molar-refractivity contribution in [1.29, 1.82) is 5.41 Å². The smallest absolute Gasteiger partial charge is 0.260 e. The van der Waals surface area contributed by atoms with Gasteiger partial charge in [-0.05, 0) is 76.5 Å². The summed E-state index contributed by atoms with van der Waals surface area (Å²) in [4.78, 5) is 19.6. The summed E-state index contributed by atoms with van der Waals surface area (Å²) in [6.07, 6.45) is 8.95. The molecule has 4 rings (SSSR count). The summed E-state index contributed by atoms with van der Waals surface area (Å²) < 4.78 is 6.17. The number of piperidine rings is 1. The molecule has 1 fully saturated rings. The zero-order chi connectivity index (χ0) is 21.3. The molecule has 1 aromatic carbocycles. The van der Waals surface area contributed by atoms with Crippen LogP contribution in [0.4, 0.5) is 5.69 Å². The largest absolute Gasteiger partial charge is 0.487 e. The van der Waals surface area contributed by atoms with Gasteiger partial charge >= 0.3 is 0 Å². The second kappa shape index (κ2) is 8.07. The Morgan fingerprint density at radius 2 is 2.13 bits per heavy atom. The molecule has 1 saturated heterocycles. The van der Waals surface area contributed by atoms with Gasteiger partial charge in [-0.1, -0.05) is 0 Å². The standard InChI is InChI=1S/C23H29N5O2/c1-23(2)13-16-11-19(27-22(29)18(14-24)21-25-7-4-8-26-21)17(12-20(16)30-23)15-5-9-28(3)10-6-15/h4,7-8,11-12,14-15,24-25H,5-6,9-10,13H2,1-3H3,(H,27,29)/b21-18-,24-14?. The van der Waals surface area contributed by atoms with Crippen LogP contribution < -0.4 is 15.4 Å². The lowest BCUT2D eigenvalue weighted by molar-refractivity contribution is -0.112. The third kappa shape index (κ3) is 4.16. The molecule has 0 atom stereocenters. The lowest BCUT2D eigenvalue weighted by Crippen LogP contribution is -2.30. The first-order valence-corrected chi connectivity index (χ1v) is 10.4. The van der Waals surface area contributed by atoms with Crippen LogP contribution in [-0.4, -0.2) is 49.0 Å². The van der Waals surface area contributed by atoms with Crippen molar-refractivity contribution < 1.29 is 9.53 Å². The Labute approximate surface area is 177 Å². The van der Waals surface area contributed by atoms with E-state index in [2.05, 4.69) is 53.6 Å². The molecule has 3 heterocycles. The molecule has 0 bridgehead atoms. The van der Waals surface area contributed by atoms with Crippen LogP contribution in [0.1, 0.15) is 43.7 Å². The molecule has 1 aromatic rings. The maximum atomic E-state index is 13.1. The Morgan fingerprint density at radius 1 is 1.37 bits per heavy atom. The van der Waals surface area contributed by atoms with Gasteiger partial charge in [0.05, 0.1) is 5.57 Å². The predicted molar refractivity (Wildman–Crippen MR) is 120 cm³/mol. The number of aliphatic imine (C=N–C) groups is 1. The Morgan fingerprint density at radius 3 is 2.80 bits per heavy atom. The molecule has 30 heavy (non-hydrogen) atoms. The Bertz CT molecular complexity index is 953. The van der Waals surface area contributed by atoms with Crippen molar-refractivity contribution in [3.05, 3.63) is 46.9 Å². The minimum Gasteiger partial charge on any atom is -0.487 e. The molecule has 0 spiro atoms. The molecular weight excluding hydrogens is 378 g/mol. The van der Waals surface area contributed by atoms with Crippen LogP contribution in [0.2, 0.25) is 0 Å². The monoisotopic (exact) mass is 407 g/mol. The molecular formula is C23H29N5O2. The van der Waals surface area contributed by atoms with Gasteiger partial charge in [-0.25, -0.2) is 4.99 Å². The highest BCUT2D eigenvalue weighted by Crippen LogP contribution is 2.42. The third-order valence-corrected chi connectivity index (χ3v) is 5.89. The van der Waals surface area contributed by atoms with E-state index in [0.29, 0.717) is 11.7 Å². The molecule has 0 saturated carbocycles. The molecule has 0 radical (unpaired) electrons. The average molecular weight is 408 g/mol. The minimum absolute atomic E-state index is 0.196. The molecule has 7 nitrogen and oxygen atoms in total. The van der Waals surface area contributed by atoms with Gasteiger partial charge in [0.1, 0.15) is 17.2 Å². The second-order valence-electron chi connectivity index (χ2n) is 8.81. The van der Waals surface area contributed by atoms with E-state index >= 15 is 0 Å². The fourth-order valence-corrected chi connectivity index (χ4v) is 4.33. The summed E-state index contributed by atoms with van der Waals surface area (Å²) in [5, 5.41) is 13.7. The summed E-state index contributed by atoms with van der Waals surface area (Å²) in [6.45, 7) is 6.22. The molecule has 0 aliphatic carbocycles. The number of anilines is 1. The topological polar surface area (TPSA) is 89.8 Å². The number of hydrogen-bond acceptors (Lipinski definition) is 6. The number of hydrogen-bond donors (Lipinski definition) is 3. The van der Waals surface area contributed by atoms with E-state index in [-0.39, 0.29) is 17.1 Å². The summed E-state index contributed by atoms with van der Waals surface area (Å²) in [6, 6.07) is 4.17. The number of nitrogens with one attached hydrogen (secondary N) is 3. The number of carbonyl (C=O) groups excluding carboxylic acids is 1. The quantitative estimate of drug-likeness (QED) is 0.528. The number of rotatable bonds is 4. The number of amides is 1. The number of benzene rings is 1. The summed E-state index contributed by atoms with van der Waals surface area (Å²) >= 11 is 0. The van der Waals surface area contributed by atoms with Crippen LogP contribution in [0.5, 0.6) is 5.75 Å². The van der Waals surface area contributed by atoms with Crippen LogP contribution in [0.25, 0.3) is 0 Å². The first kappa shape index (κ1) is 20.3. The number of allylic oxidation sites excluding steroid dienone is 1. The van der Waals surface area contributed by atoms with Gasteiger partial charge in [0, 0.05) is 36.3 Å². The molecule has 3 N–H and O–H groups in total. The van der Waals surface area contributed by atoms with Crippen LogP contribution >= 0.6 is 0 Å². The van der Waals surface area contributed by atoms with E-state index in [1.807, 2.05) is 0 Å². The van der Waals surface area contributed by atoms with E-state index in [0.717, 1.165) is 61.1 Å². The first-order valence-electron chi connectivity index (χ1n) is 10.4. The lowest BCUT2D eigenvalue weighted by atomic mass is 9.87. The molecule has 0 aromatic heterocycles. The molecule has 0 unspecified atom stereocenters. The minimum atomic E-state index is -0.341. The summed E-state index contributed by atoms with van der Waals surface area (Å²) in [5.74, 6) is 1.31.